The fraction of sp³-hybridized carbons (Fsp3) is 0.360. The summed E-state index contributed by atoms with van der Waals surface area (Å²) in [4.78, 5) is 8.93. The van der Waals surface area contributed by atoms with Gasteiger partial charge < -0.3 is 24.8 Å². The highest BCUT2D eigenvalue weighted by atomic mass is 16.5. The van der Waals surface area contributed by atoms with E-state index in [1.165, 1.54) is 6.33 Å². The molecule has 3 N–H and O–H groups in total. The van der Waals surface area contributed by atoms with Gasteiger partial charge in [-0.25, -0.2) is 9.97 Å². The van der Waals surface area contributed by atoms with Crippen LogP contribution in [-0.2, 0) is 6.54 Å². The van der Waals surface area contributed by atoms with Gasteiger partial charge in [-0.15, -0.1) is 0 Å². The van der Waals surface area contributed by atoms with Crippen LogP contribution in [0.4, 0.5) is 5.82 Å². The second kappa shape index (κ2) is 8.07. The summed E-state index contributed by atoms with van der Waals surface area (Å²) in [5.41, 5.74) is 1.86. The summed E-state index contributed by atoms with van der Waals surface area (Å²) in [5.74, 6) is 1.58. The Balaban J connectivity index is 1.61. The predicted molar refractivity (Wildman–Crippen MR) is 126 cm³/mol. The fourth-order valence-corrected chi connectivity index (χ4v) is 4.03. The zero-order valence-electron chi connectivity index (χ0n) is 18.4. The average molecular weight is 433 g/mol. The average Bonchev–Trinajstić information content (AvgIpc) is 3.51. The van der Waals surface area contributed by atoms with E-state index in [4.69, 9.17) is 4.74 Å². The lowest BCUT2D eigenvalue weighted by molar-refractivity contribution is 0.0627. The van der Waals surface area contributed by atoms with Crippen LogP contribution in [0.5, 0.6) is 5.75 Å². The lowest BCUT2D eigenvalue weighted by Crippen LogP contribution is -2.25. The molecule has 1 aliphatic rings. The first kappa shape index (κ1) is 20.7. The topological polar surface area (TPSA) is 92.4 Å². The van der Waals surface area contributed by atoms with Crippen LogP contribution in [0.2, 0.25) is 0 Å². The van der Waals surface area contributed by atoms with Crippen LogP contribution in [0.25, 0.3) is 32.9 Å². The summed E-state index contributed by atoms with van der Waals surface area (Å²) in [6, 6.07) is 12.6. The molecule has 7 nitrogen and oxygen atoms in total. The van der Waals surface area contributed by atoms with Crippen LogP contribution in [0.3, 0.4) is 0 Å². The Kier molecular flexibility index (Phi) is 5.23. The molecule has 1 aliphatic carbocycles. The first-order valence-electron chi connectivity index (χ1n) is 11.0. The highest BCUT2D eigenvalue weighted by Crippen LogP contribution is 2.36. The van der Waals surface area contributed by atoms with Gasteiger partial charge in [-0.3, -0.25) is 0 Å². The highest BCUT2D eigenvalue weighted by molar-refractivity contribution is 6.03. The molecule has 7 heteroatoms. The SMILES string of the molecule is CC(C)(O)Cn1cc(-c2ccc3cc(OC4CC4)ccc3c2)c2c(NCCO)ncnc21. The molecule has 4 aromatic rings. The molecule has 0 radical (unpaired) electrons. The number of nitrogens with zero attached hydrogens (tertiary/aromatic N) is 3. The van der Waals surface area contributed by atoms with Crippen LogP contribution >= 0.6 is 0 Å². The summed E-state index contributed by atoms with van der Waals surface area (Å²) in [7, 11) is 0. The maximum atomic E-state index is 10.4. The van der Waals surface area contributed by atoms with E-state index in [-0.39, 0.29) is 6.61 Å². The Hall–Kier alpha value is -3.16. The maximum absolute atomic E-state index is 10.4. The highest BCUT2D eigenvalue weighted by Gasteiger charge is 2.24. The number of hydrogen-bond acceptors (Lipinski definition) is 6. The third-order valence-electron chi connectivity index (χ3n) is 5.56. The number of aliphatic hydroxyl groups is 2. The first-order chi connectivity index (χ1) is 15.4. The second-order valence-corrected chi connectivity index (χ2v) is 9.10. The molecule has 0 aliphatic heterocycles. The van der Waals surface area contributed by atoms with Gasteiger partial charge in [0.2, 0.25) is 0 Å². The fourth-order valence-electron chi connectivity index (χ4n) is 4.03. The molecule has 0 spiro atoms. The van der Waals surface area contributed by atoms with Crippen LogP contribution in [0, 0.1) is 0 Å². The zero-order valence-corrected chi connectivity index (χ0v) is 18.4. The normalized spacial score (nSPS) is 14.2. The molecular formula is C25H28N4O3. The van der Waals surface area contributed by atoms with Crippen LogP contribution in [0.15, 0.2) is 48.9 Å². The molecule has 5 rings (SSSR count). The van der Waals surface area contributed by atoms with Gasteiger partial charge in [0.25, 0.3) is 0 Å². The molecular weight excluding hydrogens is 404 g/mol. The van der Waals surface area contributed by atoms with Crippen molar-refractivity contribution < 1.29 is 14.9 Å². The largest absolute Gasteiger partial charge is 0.490 e. The van der Waals surface area contributed by atoms with Crippen molar-refractivity contribution in [1.82, 2.24) is 14.5 Å². The first-order valence-corrected chi connectivity index (χ1v) is 11.0. The maximum Gasteiger partial charge on any atom is 0.146 e. The lowest BCUT2D eigenvalue weighted by Gasteiger charge is -2.18. The molecule has 0 bridgehead atoms. The van der Waals surface area contributed by atoms with Gasteiger partial charge in [-0.2, -0.15) is 0 Å². The molecule has 2 aromatic carbocycles. The van der Waals surface area contributed by atoms with Crippen molar-refractivity contribution >= 4 is 27.6 Å². The molecule has 32 heavy (non-hydrogen) atoms. The number of benzene rings is 2. The lowest BCUT2D eigenvalue weighted by atomic mass is 10.0. The Morgan fingerprint density at radius 1 is 1.12 bits per heavy atom. The van der Waals surface area contributed by atoms with Crippen molar-refractivity contribution in [3.63, 3.8) is 0 Å². The number of aliphatic hydroxyl groups excluding tert-OH is 1. The summed E-state index contributed by atoms with van der Waals surface area (Å²) >= 11 is 0. The number of ether oxygens (including phenoxy) is 1. The summed E-state index contributed by atoms with van der Waals surface area (Å²) in [6.07, 6.45) is 6.18. The number of rotatable bonds is 8. The van der Waals surface area contributed by atoms with Crippen molar-refractivity contribution in [2.24, 2.45) is 0 Å². The number of nitrogens with one attached hydrogen (secondary N) is 1. The van der Waals surface area contributed by atoms with E-state index in [1.807, 2.05) is 16.8 Å². The van der Waals surface area contributed by atoms with E-state index in [0.717, 1.165) is 51.5 Å². The number of hydrogen-bond donors (Lipinski definition) is 3. The minimum atomic E-state index is -0.895. The molecule has 1 saturated carbocycles. The van der Waals surface area contributed by atoms with E-state index >= 15 is 0 Å². The predicted octanol–water partition coefficient (Wildman–Crippen LogP) is 3.97. The quantitative estimate of drug-likeness (QED) is 0.390. The molecule has 2 heterocycles. The van der Waals surface area contributed by atoms with Crippen LogP contribution in [0.1, 0.15) is 26.7 Å². The molecule has 1 fully saturated rings. The van der Waals surface area contributed by atoms with Gasteiger partial charge in [0, 0.05) is 18.3 Å². The van der Waals surface area contributed by atoms with Gasteiger partial charge in [0.15, 0.2) is 0 Å². The third-order valence-corrected chi connectivity index (χ3v) is 5.56. The van der Waals surface area contributed by atoms with Crippen molar-refractivity contribution in [1.29, 1.82) is 0 Å². The van der Waals surface area contributed by atoms with E-state index in [1.54, 1.807) is 13.8 Å². The standard InChI is InChI=1S/C25H28N4O3/c1-25(2,31)14-29-13-21(22-23(26-9-10-30)27-15-28-24(22)29)18-4-3-17-12-20(32-19-7-8-19)6-5-16(17)11-18/h3-6,11-13,15,19,30-31H,7-10,14H2,1-2H3,(H,26,27,28). The number of fused-ring (bicyclic) bond motifs is 2. The van der Waals surface area contributed by atoms with Crippen molar-refractivity contribution in [3.8, 4) is 16.9 Å². The smallest absolute Gasteiger partial charge is 0.146 e. The Bertz CT molecular complexity index is 1270. The van der Waals surface area contributed by atoms with Crippen LogP contribution < -0.4 is 10.1 Å². The number of aromatic nitrogens is 3. The third kappa shape index (κ3) is 4.26. The van der Waals surface area contributed by atoms with Gasteiger partial charge in [-0.05, 0) is 61.2 Å². The molecule has 0 saturated heterocycles. The Morgan fingerprint density at radius 2 is 1.91 bits per heavy atom. The van der Waals surface area contributed by atoms with Gasteiger partial charge in [0.05, 0.1) is 30.2 Å². The minimum absolute atomic E-state index is 0.00639. The zero-order chi connectivity index (χ0) is 22.3. The minimum Gasteiger partial charge on any atom is -0.490 e. The van der Waals surface area contributed by atoms with Crippen LogP contribution in [-0.4, -0.2) is 49.6 Å². The Morgan fingerprint density at radius 3 is 2.66 bits per heavy atom. The molecule has 166 valence electrons. The van der Waals surface area contributed by atoms with E-state index in [9.17, 15) is 10.2 Å². The van der Waals surface area contributed by atoms with E-state index < -0.39 is 5.60 Å². The van der Waals surface area contributed by atoms with Crippen molar-refractivity contribution in [3.05, 3.63) is 48.9 Å². The monoisotopic (exact) mass is 432 g/mol. The van der Waals surface area contributed by atoms with Gasteiger partial charge in [0.1, 0.15) is 23.5 Å². The van der Waals surface area contributed by atoms with E-state index in [2.05, 4.69) is 45.6 Å². The van der Waals surface area contributed by atoms with Gasteiger partial charge >= 0.3 is 0 Å². The molecule has 0 atom stereocenters. The molecule has 2 aromatic heterocycles. The molecule has 0 unspecified atom stereocenters. The van der Waals surface area contributed by atoms with Crippen molar-refractivity contribution in [2.45, 2.75) is 44.9 Å². The van der Waals surface area contributed by atoms with Gasteiger partial charge in [-0.1, -0.05) is 18.2 Å². The number of anilines is 1. The summed E-state index contributed by atoms with van der Waals surface area (Å²) in [6.45, 7) is 4.36. The molecule has 0 amide bonds. The van der Waals surface area contributed by atoms with E-state index in [0.29, 0.717) is 25.0 Å². The summed E-state index contributed by atoms with van der Waals surface area (Å²) < 4.78 is 7.90. The second-order valence-electron chi connectivity index (χ2n) is 9.10. The Labute approximate surface area is 186 Å². The summed E-state index contributed by atoms with van der Waals surface area (Å²) in [5, 5.41) is 26.0. The van der Waals surface area contributed by atoms with Crippen molar-refractivity contribution in [2.75, 3.05) is 18.5 Å².